The minimum absolute atomic E-state index is 0.181. The van der Waals surface area contributed by atoms with E-state index in [1.54, 1.807) is 0 Å². The molecule has 0 aromatic carbocycles. The molecule has 3 amide bonds. The highest BCUT2D eigenvalue weighted by molar-refractivity contribution is 5.96. The van der Waals surface area contributed by atoms with Crippen molar-refractivity contribution in [1.29, 1.82) is 0 Å². The van der Waals surface area contributed by atoms with Crippen molar-refractivity contribution < 1.29 is 29.3 Å². The minimum Gasteiger partial charge on any atom is -0.393 e. The molecule has 2 bridgehead atoms. The van der Waals surface area contributed by atoms with Gasteiger partial charge < -0.3 is 19.7 Å². The molecule has 0 aromatic heterocycles. The molecule has 19 heavy (non-hydrogen) atoms. The first-order valence-corrected chi connectivity index (χ1v) is 6.26. The van der Waals surface area contributed by atoms with Gasteiger partial charge >= 0.3 is 6.03 Å². The van der Waals surface area contributed by atoms with Gasteiger partial charge in [-0.05, 0) is 0 Å². The molecule has 3 aliphatic heterocycles. The third kappa shape index (κ3) is 1.83. The fourth-order valence-corrected chi connectivity index (χ4v) is 2.85. The van der Waals surface area contributed by atoms with Crippen LogP contribution in [0.4, 0.5) is 4.79 Å². The number of aliphatic hydroxyl groups is 2. The lowest BCUT2D eigenvalue weighted by atomic mass is 9.90. The summed E-state index contributed by atoms with van der Waals surface area (Å²) in [6.07, 6.45) is -1.91. The first-order valence-electron chi connectivity index (χ1n) is 6.26. The molecule has 0 saturated carbocycles. The smallest absolute Gasteiger partial charge is 0.326 e. The van der Waals surface area contributed by atoms with E-state index in [0.29, 0.717) is 13.0 Å². The summed E-state index contributed by atoms with van der Waals surface area (Å²) in [6, 6.07) is -0.558. The highest BCUT2D eigenvalue weighted by atomic mass is 16.6. The first-order chi connectivity index (χ1) is 9.07. The third-order valence-electron chi connectivity index (χ3n) is 3.98. The standard InChI is InChI=1S/C11H16N2O6/c14-5-11-2-4-18-7(8(11)16)9(19-11)13-3-1-6(15)12-10(13)17/h7-9,14,16H,1-5H2,(H,12,15,17)/t7?,8?,9-,11-/m1/s1. The zero-order valence-corrected chi connectivity index (χ0v) is 10.2. The largest absolute Gasteiger partial charge is 0.393 e. The van der Waals surface area contributed by atoms with Gasteiger partial charge in [0.2, 0.25) is 5.91 Å². The van der Waals surface area contributed by atoms with Gasteiger partial charge in [-0.25, -0.2) is 4.79 Å². The molecule has 0 spiro atoms. The van der Waals surface area contributed by atoms with E-state index in [-0.39, 0.29) is 25.5 Å². The highest BCUT2D eigenvalue weighted by Crippen LogP contribution is 2.40. The van der Waals surface area contributed by atoms with Crippen LogP contribution in [0.2, 0.25) is 0 Å². The number of rotatable bonds is 2. The van der Waals surface area contributed by atoms with Gasteiger partial charge in [-0.3, -0.25) is 15.0 Å². The second-order valence-corrected chi connectivity index (χ2v) is 5.06. The van der Waals surface area contributed by atoms with Crippen LogP contribution in [0.15, 0.2) is 0 Å². The molecule has 8 nitrogen and oxygen atoms in total. The SMILES string of the molecule is O=C1CCN([C@@H]2O[C@@]3(CO)CCOC2C3O)C(=O)N1. The maximum Gasteiger partial charge on any atom is 0.326 e. The van der Waals surface area contributed by atoms with Crippen molar-refractivity contribution in [1.82, 2.24) is 10.2 Å². The van der Waals surface area contributed by atoms with E-state index < -0.39 is 30.1 Å². The molecule has 0 aromatic rings. The number of nitrogens with zero attached hydrogens (tertiary/aromatic N) is 1. The van der Waals surface area contributed by atoms with Crippen molar-refractivity contribution >= 4 is 11.9 Å². The second-order valence-electron chi connectivity index (χ2n) is 5.06. The maximum absolute atomic E-state index is 11.8. The predicted octanol–water partition coefficient (Wildman–Crippen LogP) is -1.83. The molecule has 3 saturated heterocycles. The zero-order valence-electron chi connectivity index (χ0n) is 10.2. The summed E-state index contributed by atoms with van der Waals surface area (Å²) in [5, 5.41) is 21.8. The number of amides is 3. The summed E-state index contributed by atoms with van der Waals surface area (Å²) < 4.78 is 11.2. The number of hydrogen-bond donors (Lipinski definition) is 3. The number of ether oxygens (including phenoxy) is 2. The Labute approximate surface area is 109 Å². The van der Waals surface area contributed by atoms with Crippen LogP contribution >= 0.6 is 0 Å². The Morgan fingerprint density at radius 3 is 2.89 bits per heavy atom. The summed E-state index contributed by atoms with van der Waals surface area (Å²) in [7, 11) is 0. The van der Waals surface area contributed by atoms with Crippen molar-refractivity contribution in [3.8, 4) is 0 Å². The summed E-state index contributed by atoms with van der Waals surface area (Å²) in [5.41, 5.74) is -1.07. The number of carbonyl (C=O) groups is 2. The van der Waals surface area contributed by atoms with E-state index in [9.17, 15) is 19.8 Å². The van der Waals surface area contributed by atoms with Gasteiger partial charge in [0.05, 0.1) is 13.2 Å². The van der Waals surface area contributed by atoms with Gasteiger partial charge in [0.25, 0.3) is 0 Å². The topological polar surface area (TPSA) is 108 Å². The molecule has 8 heteroatoms. The van der Waals surface area contributed by atoms with E-state index >= 15 is 0 Å². The van der Waals surface area contributed by atoms with Crippen LogP contribution in [-0.4, -0.2) is 70.8 Å². The molecule has 3 aliphatic rings. The second kappa shape index (κ2) is 4.41. The molecule has 0 radical (unpaired) electrons. The van der Waals surface area contributed by atoms with Gasteiger partial charge in [-0.2, -0.15) is 0 Å². The lowest BCUT2D eigenvalue weighted by Crippen LogP contribution is -2.57. The van der Waals surface area contributed by atoms with Crippen LogP contribution in [0.5, 0.6) is 0 Å². The summed E-state index contributed by atoms with van der Waals surface area (Å²) in [5.74, 6) is -0.333. The zero-order chi connectivity index (χ0) is 13.6. The lowest BCUT2D eigenvalue weighted by Gasteiger charge is -2.34. The van der Waals surface area contributed by atoms with Crippen LogP contribution in [0.3, 0.4) is 0 Å². The van der Waals surface area contributed by atoms with Crippen LogP contribution in [-0.2, 0) is 14.3 Å². The average molecular weight is 272 g/mol. The Bertz CT molecular complexity index is 416. The molecule has 4 atom stereocenters. The molecular weight excluding hydrogens is 256 g/mol. The summed E-state index contributed by atoms with van der Waals surface area (Å²) in [6.45, 7) is 0.232. The molecule has 3 fully saturated rings. The molecule has 106 valence electrons. The molecule has 3 rings (SSSR count). The Hall–Kier alpha value is -1.22. The number of carbonyl (C=O) groups excluding carboxylic acids is 2. The van der Waals surface area contributed by atoms with E-state index in [4.69, 9.17) is 9.47 Å². The van der Waals surface area contributed by atoms with Crippen LogP contribution < -0.4 is 5.32 Å². The average Bonchev–Trinajstić information content (AvgIpc) is 2.56. The van der Waals surface area contributed by atoms with Gasteiger partial charge in [0.15, 0.2) is 6.23 Å². The number of fused-ring (bicyclic) bond motifs is 2. The van der Waals surface area contributed by atoms with E-state index in [0.717, 1.165) is 0 Å². The summed E-state index contributed by atoms with van der Waals surface area (Å²) >= 11 is 0. The van der Waals surface area contributed by atoms with Crippen LogP contribution in [0, 0.1) is 0 Å². The molecular formula is C11H16N2O6. The monoisotopic (exact) mass is 272 g/mol. The molecule has 2 unspecified atom stereocenters. The quantitative estimate of drug-likeness (QED) is 0.545. The number of hydrogen-bond acceptors (Lipinski definition) is 6. The number of imide groups is 1. The molecule has 3 heterocycles. The normalized spacial score (nSPS) is 42.4. The maximum atomic E-state index is 11.8. The highest BCUT2D eigenvalue weighted by Gasteiger charge is 2.60. The number of aliphatic hydroxyl groups excluding tert-OH is 2. The Balaban J connectivity index is 1.82. The van der Waals surface area contributed by atoms with E-state index in [1.165, 1.54) is 4.90 Å². The van der Waals surface area contributed by atoms with Crippen molar-refractivity contribution in [2.45, 2.75) is 36.9 Å². The van der Waals surface area contributed by atoms with Crippen molar-refractivity contribution in [2.24, 2.45) is 0 Å². The van der Waals surface area contributed by atoms with E-state index in [1.807, 2.05) is 0 Å². The fourth-order valence-electron chi connectivity index (χ4n) is 2.85. The number of urea groups is 1. The van der Waals surface area contributed by atoms with Crippen LogP contribution in [0.25, 0.3) is 0 Å². The van der Waals surface area contributed by atoms with Gasteiger partial charge in [-0.15, -0.1) is 0 Å². The summed E-state index contributed by atoms with van der Waals surface area (Å²) in [4.78, 5) is 24.3. The third-order valence-corrected chi connectivity index (χ3v) is 3.98. The molecule has 3 N–H and O–H groups in total. The van der Waals surface area contributed by atoms with Crippen molar-refractivity contribution in [2.75, 3.05) is 19.8 Å². The first kappa shape index (κ1) is 12.8. The Kier molecular flexibility index (Phi) is 2.97. The van der Waals surface area contributed by atoms with Crippen molar-refractivity contribution in [3.63, 3.8) is 0 Å². The Morgan fingerprint density at radius 1 is 1.47 bits per heavy atom. The van der Waals surface area contributed by atoms with Gasteiger partial charge in [0.1, 0.15) is 17.8 Å². The number of nitrogens with one attached hydrogen (secondary N) is 1. The van der Waals surface area contributed by atoms with Gasteiger partial charge in [-0.1, -0.05) is 0 Å². The van der Waals surface area contributed by atoms with Crippen LogP contribution in [0.1, 0.15) is 12.8 Å². The Morgan fingerprint density at radius 2 is 2.26 bits per heavy atom. The van der Waals surface area contributed by atoms with Gasteiger partial charge in [0, 0.05) is 19.4 Å². The minimum atomic E-state index is -1.07. The fraction of sp³-hybridized carbons (Fsp3) is 0.818. The van der Waals surface area contributed by atoms with Crippen molar-refractivity contribution in [3.05, 3.63) is 0 Å². The van der Waals surface area contributed by atoms with E-state index in [2.05, 4.69) is 5.32 Å². The molecule has 0 aliphatic carbocycles. The lowest BCUT2D eigenvalue weighted by molar-refractivity contribution is -0.148. The predicted molar refractivity (Wildman–Crippen MR) is 59.9 cm³/mol.